The maximum Gasteiger partial charge on any atom is 0.305 e. The van der Waals surface area contributed by atoms with Crippen molar-refractivity contribution in [2.75, 3.05) is 7.11 Å². The first-order chi connectivity index (χ1) is 14.2. The van der Waals surface area contributed by atoms with E-state index in [1.54, 1.807) is 11.3 Å². The number of fused-ring (bicyclic) bond motifs is 1. The molecule has 0 radical (unpaired) electrons. The second kappa shape index (κ2) is 8.93. The fourth-order valence-electron chi connectivity index (χ4n) is 3.36. The van der Waals surface area contributed by atoms with E-state index in [-0.39, 0.29) is 5.97 Å². The molecule has 3 nitrogen and oxygen atoms in total. The molecule has 0 saturated heterocycles. The fourth-order valence-corrected chi connectivity index (χ4v) is 4.32. The van der Waals surface area contributed by atoms with Gasteiger partial charge in [-0.2, -0.15) is 0 Å². The SMILES string of the molecule is COC(=O)CCc1ccc(OCc2ccccc2-c2csc3ccccc23)cc1. The summed E-state index contributed by atoms with van der Waals surface area (Å²) >= 11 is 1.77. The van der Waals surface area contributed by atoms with Gasteiger partial charge in [0.1, 0.15) is 12.4 Å². The van der Waals surface area contributed by atoms with E-state index in [0.717, 1.165) is 16.9 Å². The van der Waals surface area contributed by atoms with Crippen LogP contribution in [0.5, 0.6) is 5.75 Å². The molecule has 1 heterocycles. The summed E-state index contributed by atoms with van der Waals surface area (Å²) in [6.45, 7) is 0.502. The Kier molecular flexibility index (Phi) is 5.92. The summed E-state index contributed by atoms with van der Waals surface area (Å²) in [7, 11) is 1.41. The van der Waals surface area contributed by atoms with E-state index in [1.165, 1.54) is 28.3 Å². The molecule has 0 atom stereocenters. The highest BCUT2D eigenvalue weighted by molar-refractivity contribution is 7.17. The van der Waals surface area contributed by atoms with Gasteiger partial charge in [0.25, 0.3) is 0 Å². The number of carbonyl (C=O) groups excluding carboxylic acids is 1. The predicted octanol–water partition coefficient (Wildman–Crippen LogP) is 6.25. The molecule has 4 heteroatoms. The van der Waals surface area contributed by atoms with Crippen molar-refractivity contribution in [1.82, 2.24) is 0 Å². The molecular formula is C25H22O3S. The first kappa shape index (κ1) is 19.2. The minimum absolute atomic E-state index is 0.192. The van der Waals surface area contributed by atoms with Gasteiger partial charge in [-0.15, -0.1) is 11.3 Å². The first-order valence-corrected chi connectivity index (χ1v) is 10.5. The Labute approximate surface area is 174 Å². The Hall–Kier alpha value is -3.11. The topological polar surface area (TPSA) is 35.5 Å². The molecule has 29 heavy (non-hydrogen) atoms. The zero-order valence-corrected chi connectivity index (χ0v) is 17.1. The molecule has 146 valence electrons. The largest absolute Gasteiger partial charge is 0.489 e. The molecule has 3 aromatic carbocycles. The quantitative estimate of drug-likeness (QED) is 0.343. The Morgan fingerprint density at radius 2 is 1.66 bits per heavy atom. The van der Waals surface area contributed by atoms with E-state index >= 15 is 0 Å². The number of hydrogen-bond acceptors (Lipinski definition) is 4. The van der Waals surface area contributed by atoms with Crippen LogP contribution in [0.3, 0.4) is 0 Å². The molecule has 0 spiro atoms. The third-order valence-corrected chi connectivity index (χ3v) is 5.92. The molecule has 0 aliphatic heterocycles. The zero-order valence-electron chi connectivity index (χ0n) is 16.3. The number of ether oxygens (including phenoxy) is 2. The smallest absolute Gasteiger partial charge is 0.305 e. The average Bonchev–Trinajstić information content (AvgIpc) is 3.21. The highest BCUT2D eigenvalue weighted by Gasteiger charge is 2.10. The van der Waals surface area contributed by atoms with E-state index in [0.29, 0.717) is 19.4 Å². The van der Waals surface area contributed by atoms with Crippen LogP contribution in [0.1, 0.15) is 17.5 Å². The van der Waals surface area contributed by atoms with Crippen LogP contribution in [-0.2, 0) is 22.6 Å². The van der Waals surface area contributed by atoms with Gasteiger partial charge in [0.2, 0.25) is 0 Å². The van der Waals surface area contributed by atoms with Crippen LogP contribution in [0.4, 0.5) is 0 Å². The maximum atomic E-state index is 11.3. The van der Waals surface area contributed by atoms with Gasteiger partial charge in [0.15, 0.2) is 0 Å². The molecule has 0 N–H and O–H groups in total. The lowest BCUT2D eigenvalue weighted by Gasteiger charge is -2.11. The van der Waals surface area contributed by atoms with Gasteiger partial charge >= 0.3 is 5.97 Å². The molecule has 4 aromatic rings. The molecule has 0 aliphatic rings. The number of benzene rings is 3. The standard InChI is InChI=1S/C25H22O3S/c1-27-25(26)15-12-18-10-13-20(14-11-18)28-16-19-6-2-3-7-21(19)23-17-29-24-9-5-4-8-22(23)24/h2-11,13-14,17H,12,15-16H2,1H3. The van der Waals surface area contributed by atoms with Gasteiger partial charge in [0.05, 0.1) is 7.11 Å². The number of methoxy groups -OCH3 is 1. The van der Waals surface area contributed by atoms with Crippen LogP contribution >= 0.6 is 11.3 Å². The highest BCUT2D eigenvalue weighted by Crippen LogP contribution is 2.35. The van der Waals surface area contributed by atoms with Gasteiger partial charge in [0, 0.05) is 22.1 Å². The van der Waals surface area contributed by atoms with E-state index in [4.69, 9.17) is 4.74 Å². The summed E-state index contributed by atoms with van der Waals surface area (Å²) in [5.74, 6) is 0.625. The van der Waals surface area contributed by atoms with Gasteiger partial charge in [-0.05, 0) is 46.7 Å². The fraction of sp³-hybridized carbons (Fsp3) is 0.160. The summed E-state index contributed by atoms with van der Waals surface area (Å²) in [6.07, 6.45) is 1.06. The van der Waals surface area contributed by atoms with Crippen molar-refractivity contribution in [2.45, 2.75) is 19.4 Å². The van der Waals surface area contributed by atoms with Crippen molar-refractivity contribution in [3.05, 3.63) is 89.3 Å². The molecule has 0 aliphatic carbocycles. The summed E-state index contributed by atoms with van der Waals surface area (Å²) in [5, 5.41) is 3.50. The Morgan fingerprint density at radius 3 is 2.48 bits per heavy atom. The molecule has 0 fully saturated rings. The number of thiophene rings is 1. The van der Waals surface area contributed by atoms with Crippen molar-refractivity contribution in [3.63, 3.8) is 0 Å². The monoisotopic (exact) mass is 402 g/mol. The van der Waals surface area contributed by atoms with Crippen molar-refractivity contribution in [1.29, 1.82) is 0 Å². The normalized spacial score (nSPS) is 10.8. The molecular weight excluding hydrogens is 380 g/mol. The number of hydrogen-bond donors (Lipinski definition) is 0. The van der Waals surface area contributed by atoms with Crippen molar-refractivity contribution in [2.24, 2.45) is 0 Å². The Bertz CT molecular complexity index is 1110. The van der Waals surface area contributed by atoms with Gasteiger partial charge in [-0.3, -0.25) is 4.79 Å². The molecule has 0 unspecified atom stereocenters. The first-order valence-electron chi connectivity index (χ1n) is 9.57. The third kappa shape index (κ3) is 4.49. The van der Waals surface area contributed by atoms with Crippen LogP contribution in [0, 0.1) is 0 Å². The van der Waals surface area contributed by atoms with Crippen LogP contribution < -0.4 is 4.74 Å². The predicted molar refractivity (Wildman–Crippen MR) is 118 cm³/mol. The molecule has 0 amide bonds. The lowest BCUT2D eigenvalue weighted by atomic mass is 9.99. The Balaban J connectivity index is 1.48. The maximum absolute atomic E-state index is 11.3. The number of rotatable bonds is 7. The second-order valence-corrected chi connectivity index (χ2v) is 7.72. The van der Waals surface area contributed by atoms with Crippen molar-refractivity contribution >= 4 is 27.4 Å². The average molecular weight is 403 g/mol. The molecule has 0 bridgehead atoms. The van der Waals surface area contributed by atoms with Gasteiger partial charge in [-0.1, -0.05) is 54.6 Å². The molecule has 0 saturated carbocycles. The van der Waals surface area contributed by atoms with Crippen LogP contribution in [0.15, 0.2) is 78.2 Å². The molecule has 1 aromatic heterocycles. The highest BCUT2D eigenvalue weighted by atomic mass is 32.1. The van der Waals surface area contributed by atoms with E-state index in [1.807, 2.05) is 30.3 Å². The minimum atomic E-state index is -0.192. The van der Waals surface area contributed by atoms with E-state index in [2.05, 4.69) is 52.6 Å². The van der Waals surface area contributed by atoms with Gasteiger partial charge < -0.3 is 9.47 Å². The number of aryl methyl sites for hydroxylation is 1. The summed E-state index contributed by atoms with van der Waals surface area (Å²) in [6, 6.07) is 24.8. The van der Waals surface area contributed by atoms with Gasteiger partial charge in [-0.25, -0.2) is 0 Å². The summed E-state index contributed by atoms with van der Waals surface area (Å²) in [4.78, 5) is 11.3. The van der Waals surface area contributed by atoms with Crippen LogP contribution in [0.25, 0.3) is 21.2 Å². The van der Waals surface area contributed by atoms with Crippen LogP contribution in [-0.4, -0.2) is 13.1 Å². The Morgan fingerprint density at radius 1 is 0.897 bits per heavy atom. The molecule has 4 rings (SSSR count). The lowest BCUT2D eigenvalue weighted by Crippen LogP contribution is -2.02. The second-order valence-electron chi connectivity index (χ2n) is 6.81. The minimum Gasteiger partial charge on any atom is -0.489 e. The van der Waals surface area contributed by atoms with E-state index in [9.17, 15) is 4.79 Å². The lowest BCUT2D eigenvalue weighted by molar-refractivity contribution is -0.140. The summed E-state index contributed by atoms with van der Waals surface area (Å²) < 4.78 is 12.0. The zero-order chi connectivity index (χ0) is 20.1. The van der Waals surface area contributed by atoms with Crippen molar-refractivity contribution < 1.29 is 14.3 Å². The number of carbonyl (C=O) groups is 1. The third-order valence-electron chi connectivity index (χ3n) is 4.95. The van der Waals surface area contributed by atoms with E-state index < -0.39 is 0 Å². The van der Waals surface area contributed by atoms with Crippen molar-refractivity contribution in [3.8, 4) is 16.9 Å². The summed E-state index contributed by atoms with van der Waals surface area (Å²) in [5.41, 5.74) is 4.71. The number of esters is 1. The van der Waals surface area contributed by atoms with Crippen LogP contribution in [0.2, 0.25) is 0 Å².